The first-order valence-electron chi connectivity index (χ1n) is 9.92. The molecule has 1 unspecified atom stereocenters. The Bertz CT molecular complexity index is 961. The highest BCUT2D eigenvalue weighted by atomic mass is 32.2. The Kier molecular flexibility index (Phi) is 5.67. The maximum absolute atomic E-state index is 12.9. The van der Waals surface area contributed by atoms with Gasteiger partial charge in [-0.25, -0.2) is 0 Å². The van der Waals surface area contributed by atoms with E-state index in [1.165, 1.54) is 11.8 Å². The van der Waals surface area contributed by atoms with Crippen LogP contribution >= 0.6 is 11.8 Å². The van der Waals surface area contributed by atoms with Crippen molar-refractivity contribution in [3.8, 4) is 5.75 Å². The molecule has 2 aliphatic heterocycles. The average molecular weight is 426 g/mol. The molecular weight excluding hydrogens is 402 g/mol. The second kappa shape index (κ2) is 8.39. The maximum Gasteiger partial charge on any atom is 0.260 e. The second-order valence-electron chi connectivity index (χ2n) is 7.12. The lowest BCUT2D eigenvalue weighted by Crippen LogP contribution is -2.48. The molecule has 0 aromatic heterocycles. The van der Waals surface area contributed by atoms with Crippen LogP contribution in [0.4, 0.5) is 11.4 Å². The van der Waals surface area contributed by atoms with E-state index in [2.05, 4.69) is 10.6 Å². The zero-order chi connectivity index (χ0) is 21.1. The van der Waals surface area contributed by atoms with Crippen molar-refractivity contribution in [2.24, 2.45) is 0 Å². The maximum atomic E-state index is 12.9. The van der Waals surface area contributed by atoms with Crippen molar-refractivity contribution < 1.29 is 19.1 Å². The van der Waals surface area contributed by atoms with Crippen molar-refractivity contribution in [3.63, 3.8) is 0 Å². The molecule has 2 aromatic rings. The van der Waals surface area contributed by atoms with Crippen molar-refractivity contribution in [3.05, 3.63) is 54.1 Å². The molecule has 1 atom stereocenters. The number of amides is 3. The number of rotatable bonds is 6. The van der Waals surface area contributed by atoms with E-state index < -0.39 is 4.87 Å². The van der Waals surface area contributed by atoms with Gasteiger partial charge in [-0.2, -0.15) is 0 Å². The van der Waals surface area contributed by atoms with E-state index >= 15 is 0 Å². The lowest BCUT2D eigenvalue weighted by Gasteiger charge is -2.29. The minimum Gasteiger partial charge on any atom is -0.494 e. The molecule has 2 N–H and O–H groups in total. The van der Waals surface area contributed by atoms with Gasteiger partial charge in [0.05, 0.1) is 6.61 Å². The van der Waals surface area contributed by atoms with Crippen LogP contribution < -0.4 is 15.4 Å². The van der Waals surface area contributed by atoms with E-state index in [4.69, 9.17) is 4.74 Å². The molecule has 0 radical (unpaired) electrons. The number of nitrogens with zero attached hydrogens (tertiary/aromatic N) is 1. The van der Waals surface area contributed by atoms with Crippen LogP contribution in [0.2, 0.25) is 0 Å². The number of carbonyl (C=O) groups excluding carboxylic acids is 3. The van der Waals surface area contributed by atoms with Crippen LogP contribution in [0.3, 0.4) is 0 Å². The van der Waals surface area contributed by atoms with Crippen LogP contribution in [0.1, 0.15) is 30.1 Å². The summed E-state index contributed by atoms with van der Waals surface area (Å²) >= 11 is 1.52. The molecule has 0 saturated carbocycles. The Labute approximate surface area is 179 Å². The zero-order valence-corrected chi connectivity index (χ0v) is 17.5. The Morgan fingerprint density at radius 2 is 1.73 bits per heavy atom. The summed E-state index contributed by atoms with van der Waals surface area (Å²) < 4.78 is 5.39. The summed E-state index contributed by atoms with van der Waals surface area (Å²) in [6.07, 6.45) is 0.940. The lowest BCUT2D eigenvalue weighted by molar-refractivity contribution is -0.133. The molecule has 2 saturated heterocycles. The summed E-state index contributed by atoms with van der Waals surface area (Å²) in [4.78, 5) is 38.3. The van der Waals surface area contributed by atoms with E-state index in [1.807, 2.05) is 6.92 Å². The highest BCUT2D eigenvalue weighted by Gasteiger charge is 2.54. The number of fused-ring (bicyclic) bond motifs is 1. The van der Waals surface area contributed by atoms with Crippen molar-refractivity contribution in [1.29, 1.82) is 0 Å². The van der Waals surface area contributed by atoms with Gasteiger partial charge in [0.25, 0.3) is 11.8 Å². The standard InChI is InChI=1S/C22H23N3O4S/c1-2-29-18-9-7-16(8-10-18)23-20(27)15-3-5-17(6-4-15)24-21(28)22-12-11-19(26)25(22)13-14-30-22/h3-10H,2,11-14H2,1H3,(H,23,27)(H,24,28). The van der Waals surface area contributed by atoms with Crippen molar-refractivity contribution in [2.45, 2.75) is 24.6 Å². The molecule has 156 valence electrons. The molecule has 3 amide bonds. The van der Waals surface area contributed by atoms with Gasteiger partial charge in [0.15, 0.2) is 4.87 Å². The second-order valence-corrected chi connectivity index (χ2v) is 8.49. The molecule has 2 heterocycles. The molecule has 8 heteroatoms. The van der Waals surface area contributed by atoms with Crippen LogP contribution in [0.15, 0.2) is 48.5 Å². The van der Waals surface area contributed by atoms with Crippen molar-refractivity contribution in [1.82, 2.24) is 4.90 Å². The van der Waals surface area contributed by atoms with E-state index in [9.17, 15) is 14.4 Å². The number of anilines is 2. The molecule has 2 fully saturated rings. The molecule has 4 rings (SSSR count). The predicted molar refractivity (Wildman–Crippen MR) is 117 cm³/mol. The third kappa shape index (κ3) is 3.87. The van der Waals surface area contributed by atoms with Gasteiger partial charge in [-0.15, -0.1) is 11.8 Å². The summed E-state index contributed by atoms with van der Waals surface area (Å²) in [5, 5.41) is 5.74. The van der Waals surface area contributed by atoms with Gasteiger partial charge in [0.2, 0.25) is 5.91 Å². The molecule has 2 aliphatic rings. The molecule has 0 bridgehead atoms. The Balaban J connectivity index is 1.38. The summed E-state index contributed by atoms with van der Waals surface area (Å²) in [6, 6.07) is 13.9. The summed E-state index contributed by atoms with van der Waals surface area (Å²) in [5.74, 6) is 1.13. The number of benzene rings is 2. The average Bonchev–Trinajstić information content (AvgIpc) is 3.32. The Morgan fingerprint density at radius 1 is 1.07 bits per heavy atom. The molecule has 7 nitrogen and oxygen atoms in total. The quantitative estimate of drug-likeness (QED) is 0.741. The summed E-state index contributed by atoms with van der Waals surface area (Å²) in [5.41, 5.74) is 1.75. The highest BCUT2D eigenvalue weighted by molar-refractivity contribution is 8.01. The van der Waals surface area contributed by atoms with Gasteiger partial charge in [-0.3, -0.25) is 14.4 Å². The van der Waals surface area contributed by atoms with Crippen molar-refractivity contribution >= 4 is 40.9 Å². The van der Waals surface area contributed by atoms with Crippen LogP contribution in [-0.4, -0.2) is 46.4 Å². The highest BCUT2D eigenvalue weighted by Crippen LogP contribution is 2.45. The van der Waals surface area contributed by atoms with E-state index in [0.29, 0.717) is 42.9 Å². The molecule has 30 heavy (non-hydrogen) atoms. The zero-order valence-electron chi connectivity index (χ0n) is 16.6. The van der Waals surface area contributed by atoms with E-state index in [0.717, 1.165) is 11.5 Å². The molecule has 0 aliphatic carbocycles. The molecular formula is C22H23N3O4S. The summed E-state index contributed by atoms with van der Waals surface area (Å²) in [7, 11) is 0. The third-order valence-electron chi connectivity index (χ3n) is 5.25. The van der Waals surface area contributed by atoms with Gasteiger partial charge in [-0.1, -0.05) is 0 Å². The van der Waals surface area contributed by atoms with Gasteiger partial charge in [-0.05, 0) is 61.9 Å². The lowest BCUT2D eigenvalue weighted by atomic mass is 10.1. The van der Waals surface area contributed by atoms with E-state index in [-0.39, 0.29) is 17.7 Å². The first kappa shape index (κ1) is 20.3. The topological polar surface area (TPSA) is 87.7 Å². The number of carbonyl (C=O) groups is 3. The molecule has 0 spiro atoms. The number of hydrogen-bond acceptors (Lipinski definition) is 5. The smallest absolute Gasteiger partial charge is 0.260 e. The fraction of sp³-hybridized carbons (Fsp3) is 0.318. The van der Waals surface area contributed by atoms with Crippen LogP contribution in [0.25, 0.3) is 0 Å². The van der Waals surface area contributed by atoms with E-state index in [1.54, 1.807) is 53.4 Å². The number of ether oxygens (including phenoxy) is 1. The van der Waals surface area contributed by atoms with Crippen molar-refractivity contribution in [2.75, 3.05) is 29.5 Å². The summed E-state index contributed by atoms with van der Waals surface area (Å²) in [6.45, 7) is 3.11. The van der Waals surface area contributed by atoms with Gasteiger partial charge < -0.3 is 20.3 Å². The fourth-order valence-electron chi connectivity index (χ4n) is 3.75. The normalized spacial score (nSPS) is 20.0. The van der Waals surface area contributed by atoms with Crippen LogP contribution in [0.5, 0.6) is 5.75 Å². The third-order valence-corrected chi connectivity index (χ3v) is 6.73. The SMILES string of the molecule is CCOc1ccc(NC(=O)c2ccc(NC(=O)C34CCC(=O)N3CCS4)cc2)cc1. The minimum absolute atomic E-state index is 0.0384. The molecule has 2 aromatic carbocycles. The monoisotopic (exact) mass is 425 g/mol. The number of nitrogens with one attached hydrogen (secondary N) is 2. The van der Waals surface area contributed by atoms with Crippen LogP contribution in [0, 0.1) is 0 Å². The van der Waals surface area contributed by atoms with Gasteiger partial charge >= 0.3 is 0 Å². The first-order chi connectivity index (χ1) is 14.5. The fourth-order valence-corrected chi connectivity index (χ4v) is 5.14. The Morgan fingerprint density at radius 3 is 2.43 bits per heavy atom. The number of thioether (sulfide) groups is 1. The number of hydrogen-bond donors (Lipinski definition) is 2. The largest absolute Gasteiger partial charge is 0.494 e. The minimum atomic E-state index is -0.791. The van der Waals surface area contributed by atoms with Gasteiger partial charge in [0, 0.05) is 35.7 Å². The van der Waals surface area contributed by atoms with Crippen LogP contribution in [-0.2, 0) is 9.59 Å². The first-order valence-corrected chi connectivity index (χ1v) is 10.9. The predicted octanol–water partition coefficient (Wildman–Crippen LogP) is 3.34. The van der Waals surface area contributed by atoms with Gasteiger partial charge in [0.1, 0.15) is 5.75 Å². The Hall–Kier alpha value is -3.00.